The summed E-state index contributed by atoms with van der Waals surface area (Å²) in [6.07, 6.45) is 5.48. The van der Waals surface area contributed by atoms with Crippen molar-refractivity contribution in [2.24, 2.45) is 17.3 Å². The summed E-state index contributed by atoms with van der Waals surface area (Å²) in [5.41, 5.74) is 0.409. The molecule has 0 spiro atoms. The molecule has 2 rings (SSSR count). The van der Waals surface area contributed by atoms with E-state index in [1.165, 1.54) is 12.8 Å². The maximum Gasteiger partial charge on any atom is 0.306 e. The average Bonchev–Trinajstić information content (AvgIpc) is 2.15. The second-order valence-electron chi connectivity index (χ2n) is 6.20. The van der Waals surface area contributed by atoms with E-state index in [0.717, 1.165) is 18.8 Å². The van der Waals surface area contributed by atoms with Crippen molar-refractivity contribution in [2.45, 2.75) is 59.0 Å². The highest BCUT2D eigenvalue weighted by molar-refractivity contribution is 5.70. The van der Waals surface area contributed by atoms with Gasteiger partial charge in [0, 0.05) is 6.42 Å². The van der Waals surface area contributed by atoms with E-state index in [1.54, 1.807) is 0 Å². The van der Waals surface area contributed by atoms with Crippen LogP contribution in [0.5, 0.6) is 0 Å². The number of ether oxygens (including phenoxy) is 1. The van der Waals surface area contributed by atoms with Gasteiger partial charge in [0.2, 0.25) is 0 Å². The molecule has 0 aromatic heterocycles. The summed E-state index contributed by atoms with van der Waals surface area (Å²) in [6, 6.07) is 0. The van der Waals surface area contributed by atoms with Crippen molar-refractivity contribution in [1.29, 1.82) is 0 Å². The van der Waals surface area contributed by atoms with Crippen LogP contribution >= 0.6 is 0 Å². The molecule has 1 heterocycles. The highest BCUT2D eigenvalue weighted by atomic mass is 16.5. The molecule has 1 aliphatic heterocycles. The monoisotopic (exact) mass is 210 g/mol. The third kappa shape index (κ3) is 2.35. The van der Waals surface area contributed by atoms with Gasteiger partial charge >= 0.3 is 5.97 Å². The van der Waals surface area contributed by atoms with Crippen LogP contribution in [0.15, 0.2) is 0 Å². The van der Waals surface area contributed by atoms with E-state index in [0.29, 0.717) is 17.8 Å². The van der Waals surface area contributed by atoms with Crippen molar-refractivity contribution in [3.8, 4) is 0 Å². The van der Waals surface area contributed by atoms with Gasteiger partial charge in [-0.15, -0.1) is 0 Å². The van der Waals surface area contributed by atoms with Gasteiger partial charge in [-0.3, -0.25) is 4.79 Å². The van der Waals surface area contributed by atoms with Crippen molar-refractivity contribution >= 4 is 5.97 Å². The van der Waals surface area contributed by atoms with Crippen LogP contribution < -0.4 is 0 Å². The number of rotatable bonds is 0. The first-order chi connectivity index (χ1) is 6.97. The minimum atomic E-state index is 0.0189. The van der Waals surface area contributed by atoms with Crippen LogP contribution in [0.2, 0.25) is 0 Å². The van der Waals surface area contributed by atoms with Gasteiger partial charge in [0.15, 0.2) is 0 Å². The van der Waals surface area contributed by atoms with Crippen molar-refractivity contribution in [3.05, 3.63) is 0 Å². The molecular weight excluding hydrogens is 188 g/mol. The third-order valence-corrected chi connectivity index (χ3v) is 4.14. The second kappa shape index (κ2) is 3.80. The SMILES string of the molecule is CC(C)(C)[C@@H]1CC[C@@H]2OC(=O)CC[C@@H]2C1. The largest absolute Gasteiger partial charge is 0.462 e. The Labute approximate surface area is 92.4 Å². The molecule has 1 aliphatic carbocycles. The predicted octanol–water partition coefficient (Wildman–Crippen LogP) is 3.15. The zero-order valence-corrected chi connectivity index (χ0v) is 10.1. The maximum absolute atomic E-state index is 11.2. The molecule has 0 radical (unpaired) electrons. The Hall–Kier alpha value is -0.530. The lowest BCUT2D eigenvalue weighted by Crippen LogP contribution is -2.40. The molecule has 0 bridgehead atoms. The lowest BCUT2D eigenvalue weighted by molar-refractivity contribution is -0.162. The molecule has 0 unspecified atom stereocenters. The number of fused-ring (bicyclic) bond motifs is 1. The van der Waals surface area contributed by atoms with Crippen LogP contribution in [0, 0.1) is 17.3 Å². The highest BCUT2D eigenvalue weighted by Crippen LogP contribution is 2.44. The number of carbonyl (C=O) groups excluding carboxylic acids is 1. The van der Waals surface area contributed by atoms with Crippen LogP contribution in [0.3, 0.4) is 0 Å². The van der Waals surface area contributed by atoms with Gasteiger partial charge in [-0.05, 0) is 42.9 Å². The van der Waals surface area contributed by atoms with Crippen molar-refractivity contribution < 1.29 is 9.53 Å². The quantitative estimate of drug-likeness (QED) is 0.574. The Morgan fingerprint density at radius 3 is 2.60 bits per heavy atom. The van der Waals surface area contributed by atoms with E-state index in [-0.39, 0.29) is 12.1 Å². The second-order valence-corrected chi connectivity index (χ2v) is 6.20. The van der Waals surface area contributed by atoms with Gasteiger partial charge in [-0.1, -0.05) is 20.8 Å². The van der Waals surface area contributed by atoms with Gasteiger partial charge in [0.25, 0.3) is 0 Å². The molecule has 0 amide bonds. The fourth-order valence-electron chi connectivity index (χ4n) is 3.01. The van der Waals surface area contributed by atoms with Gasteiger partial charge in [0.1, 0.15) is 6.10 Å². The molecule has 1 saturated heterocycles. The molecule has 2 fully saturated rings. The van der Waals surface area contributed by atoms with Crippen LogP contribution in [0.25, 0.3) is 0 Å². The van der Waals surface area contributed by atoms with E-state index >= 15 is 0 Å². The summed E-state index contributed by atoms with van der Waals surface area (Å²) < 4.78 is 5.41. The molecule has 86 valence electrons. The van der Waals surface area contributed by atoms with Gasteiger partial charge < -0.3 is 4.74 Å². The standard InChI is InChI=1S/C13H22O2/c1-13(2,3)10-5-6-11-9(8-10)4-7-12(14)15-11/h9-11H,4-8H2,1-3H3/t9-,10-,11+/m1/s1. The first-order valence-corrected chi connectivity index (χ1v) is 6.16. The third-order valence-electron chi connectivity index (χ3n) is 4.14. The molecule has 0 N–H and O–H groups in total. The van der Waals surface area contributed by atoms with Crippen LogP contribution in [0.4, 0.5) is 0 Å². The van der Waals surface area contributed by atoms with Crippen LogP contribution in [0.1, 0.15) is 52.9 Å². The van der Waals surface area contributed by atoms with E-state index in [9.17, 15) is 4.79 Å². The summed E-state index contributed by atoms with van der Waals surface area (Å²) in [6.45, 7) is 6.98. The smallest absolute Gasteiger partial charge is 0.306 e. The number of carbonyl (C=O) groups is 1. The zero-order valence-electron chi connectivity index (χ0n) is 10.1. The average molecular weight is 210 g/mol. The fraction of sp³-hybridized carbons (Fsp3) is 0.923. The lowest BCUT2D eigenvalue weighted by Gasteiger charge is -2.43. The summed E-state index contributed by atoms with van der Waals surface area (Å²) in [4.78, 5) is 11.2. The summed E-state index contributed by atoms with van der Waals surface area (Å²) in [7, 11) is 0. The molecule has 15 heavy (non-hydrogen) atoms. The number of hydrogen-bond donors (Lipinski definition) is 0. The minimum absolute atomic E-state index is 0.0189. The van der Waals surface area contributed by atoms with Crippen LogP contribution in [-0.4, -0.2) is 12.1 Å². The number of esters is 1. The van der Waals surface area contributed by atoms with Gasteiger partial charge in [-0.2, -0.15) is 0 Å². The normalized spacial score (nSPS) is 37.0. The molecule has 2 nitrogen and oxygen atoms in total. The van der Waals surface area contributed by atoms with Gasteiger partial charge in [0.05, 0.1) is 0 Å². The Bertz CT molecular complexity index is 252. The molecule has 1 saturated carbocycles. The van der Waals surface area contributed by atoms with E-state index in [4.69, 9.17) is 4.74 Å². The molecule has 3 atom stereocenters. The van der Waals surface area contributed by atoms with Crippen molar-refractivity contribution in [2.75, 3.05) is 0 Å². The van der Waals surface area contributed by atoms with Crippen molar-refractivity contribution in [3.63, 3.8) is 0 Å². The first-order valence-electron chi connectivity index (χ1n) is 6.16. The van der Waals surface area contributed by atoms with E-state index in [2.05, 4.69) is 20.8 Å². The Morgan fingerprint density at radius 1 is 1.20 bits per heavy atom. The summed E-state index contributed by atoms with van der Waals surface area (Å²) in [5, 5.41) is 0. The molecular formula is C13H22O2. The lowest BCUT2D eigenvalue weighted by atomic mass is 9.67. The Morgan fingerprint density at radius 2 is 1.93 bits per heavy atom. The molecule has 2 heteroatoms. The zero-order chi connectivity index (χ0) is 11.1. The van der Waals surface area contributed by atoms with E-state index in [1.807, 2.05) is 0 Å². The maximum atomic E-state index is 11.2. The molecule has 0 aromatic carbocycles. The minimum Gasteiger partial charge on any atom is -0.462 e. The van der Waals surface area contributed by atoms with E-state index < -0.39 is 0 Å². The Balaban J connectivity index is 1.98. The fourth-order valence-corrected chi connectivity index (χ4v) is 3.01. The summed E-state index contributed by atoms with van der Waals surface area (Å²) >= 11 is 0. The molecule has 2 aliphatic rings. The highest BCUT2D eigenvalue weighted by Gasteiger charge is 2.39. The van der Waals surface area contributed by atoms with Crippen LogP contribution in [-0.2, 0) is 9.53 Å². The Kier molecular flexibility index (Phi) is 2.78. The molecule has 0 aromatic rings. The van der Waals surface area contributed by atoms with Gasteiger partial charge in [-0.25, -0.2) is 0 Å². The topological polar surface area (TPSA) is 26.3 Å². The number of hydrogen-bond acceptors (Lipinski definition) is 2. The predicted molar refractivity (Wildman–Crippen MR) is 59.4 cm³/mol. The first kappa shape index (κ1) is 11.0. The summed E-state index contributed by atoms with van der Waals surface area (Å²) in [5.74, 6) is 1.46. The van der Waals surface area contributed by atoms with Crippen molar-refractivity contribution in [1.82, 2.24) is 0 Å².